The summed E-state index contributed by atoms with van der Waals surface area (Å²) >= 11 is 0. The molecule has 2 N–H and O–H groups in total. The van der Waals surface area contributed by atoms with Crippen molar-refractivity contribution in [2.45, 2.75) is 45.6 Å². The predicted octanol–water partition coefficient (Wildman–Crippen LogP) is 6.52. The normalized spacial score (nSPS) is 11.0. The second kappa shape index (κ2) is 10.6. The van der Waals surface area contributed by atoms with Gasteiger partial charge in [0.15, 0.2) is 0 Å². The van der Waals surface area contributed by atoms with E-state index in [0.717, 1.165) is 22.3 Å². The van der Waals surface area contributed by atoms with Crippen LogP contribution in [-0.4, -0.2) is 12.1 Å². The van der Waals surface area contributed by atoms with E-state index in [1.807, 2.05) is 107 Å². The smallest absolute Gasteiger partial charge is 0.409 e. The fourth-order valence-corrected chi connectivity index (χ4v) is 3.63. The molecular formula is C27H30N2O3. The quantitative estimate of drug-likeness (QED) is 0.468. The molecule has 0 spiro atoms. The molecule has 0 saturated heterocycles. The minimum absolute atomic E-state index is 0.172. The third-order valence-corrected chi connectivity index (χ3v) is 5.27. The van der Waals surface area contributed by atoms with Crippen LogP contribution in [0.5, 0.6) is 5.75 Å². The van der Waals surface area contributed by atoms with Crippen LogP contribution in [0.15, 0.2) is 78.9 Å². The molecule has 0 aliphatic heterocycles. The molecule has 32 heavy (non-hydrogen) atoms. The minimum atomic E-state index is -0.808. The molecule has 3 rings (SSSR count). The first-order chi connectivity index (χ1) is 15.4. The van der Waals surface area contributed by atoms with Gasteiger partial charge >= 0.3 is 12.1 Å². The van der Waals surface area contributed by atoms with Crippen LogP contribution in [0, 0.1) is 0 Å². The topological polar surface area (TPSA) is 67.4 Å². The third-order valence-electron chi connectivity index (χ3n) is 5.27. The van der Waals surface area contributed by atoms with Crippen molar-refractivity contribution in [1.82, 2.24) is 10.6 Å². The lowest BCUT2D eigenvalue weighted by Crippen LogP contribution is -2.43. The van der Waals surface area contributed by atoms with Gasteiger partial charge in [-0.1, -0.05) is 107 Å². The van der Waals surface area contributed by atoms with Crippen LogP contribution >= 0.6 is 0 Å². The van der Waals surface area contributed by atoms with Gasteiger partial charge in [0.25, 0.3) is 0 Å². The fraction of sp³-hybridized carbons (Fsp3) is 0.259. The molecule has 0 aliphatic carbocycles. The van der Waals surface area contributed by atoms with Gasteiger partial charge in [-0.3, -0.25) is 0 Å². The van der Waals surface area contributed by atoms with Gasteiger partial charge in [-0.05, 0) is 34.1 Å². The Morgan fingerprint density at radius 3 is 1.59 bits per heavy atom. The van der Waals surface area contributed by atoms with E-state index in [1.54, 1.807) is 0 Å². The summed E-state index contributed by atoms with van der Waals surface area (Å²) < 4.78 is 5.65. The lowest BCUT2D eigenvalue weighted by molar-refractivity contribution is 0.195. The fourth-order valence-electron chi connectivity index (χ4n) is 3.63. The van der Waals surface area contributed by atoms with Crippen molar-refractivity contribution in [3.63, 3.8) is 0 Å². The summed E-state index contributed by atoms with van der Waals surface area (Å²) in [4.78, 5) is 25.3. The van der Waals surface area contributed by atoms with E-state index in [-0.39, 0.29) is 11.8 Å². The number of ether oxygens (including phenoxy) is 1. The predicted molar refractivity (Wildman–Crippen MR) is 127 cm³/mol. The van der Waals surface area contributed by atoms with Crippen molar-refractivity contribution in [1.29, 1.82) is 0 Å². The Labute approximate surface area is 189 Å². The highest BCUT2D eigenvalue weighted by molar-refractivity contribution is 5.92. The highest BCUT2D eigenvalue weighted by Gasteiger charge is 2.21. The Bertz CT molecular complexity index is 981. The number of benzene rings is 3. The first kappa shape index (κ1) is 23.1. The number of nitrogens with one attached hydrogen (secondary N) is 2. The van der Waals surface area contributed by atoms with Gasteiger partial charge in [-0.15, -0.1) is 0 Å². The average Bonchev–Trinajstić information content (AvgIpc) is 2.78. The van der Waals surface area contributed by atoms with E-state index < -0.39 is 18.2 Å². The molecule has 0 unspecified atom stereocenters. The molecule has 0 radical (unpaired) electrons. The van der Waals surface area contributed by atoms with E-state index in [4.69, 9.17) is 4.74 Å². The molecule has 0 aliphatic rings. The highest BCUT2D eigenvalue weighted by atomic mass is 16.6. The van der Waals surface area contributed by atoms with E-state index in [0.29, 0.717) is 5.75 Å². The molecule has 0 fully saturated rings. The number of rotatable bonds is 6. The van der Waals surface area contributed by atoms with E-state index >= 15 is 0 Å². The number of urea groups is 1. The zero-order valence-corrected chi connectivity index (χ0v) is 19.0. The maximum Gasteiger partial charge on any atom is 0.420 e. The Hall–Kier alpha value is -3.60. The summed E-state index contributed by atoms with van der Waals surface area (Å²) in [6.45, 7) is 8.17. The van der Waals surface area contributed by atoms with Crippen molar-refractivity contribution >= 4 is 12.1 Å². The first-order valence-corrected chi connectivity index (χ1v) is 10.9. The van der Waals surface area contributed by atoms with Crippen LogP contribution in [0.25, 0.3) is 0 Å². The van der Waals surface area contributed by atoms with Crippen LogP contribution in [0.3, 0.4) is 0 Å². The summed E-state index contributed by atoms with van der Waals surface area (Å²) in [5.41, 5.74) is 3.68. The Morgan fingerprint density at radius 1 is 0.688 bits per heavy atom. The number of amides is 3. The van der Waals surface area contributed by atoms with Crippen LogP contribution in [0.1, 0.15) is 67.8 Å². The van der Waals surface area contributed by atoms with Crippen molar-refractivity contribution in [2.75, 3.05) is 0 Å². The molecular weight excluding hydrogens is 400 g/mol. The lowest BCUT2D eigenvalue weighted by Gasteiger charge is -2.21. The molecule has 0 atom stereocenters. The molecule has 3 aromatic carbocycles. The summed E-state index contributed by atoms with van der Waals surface area (Å²) in [5.74, 6) is 0.863. The van der Waals surface area contributed by atoms with E-state index in [1.165, 1.54) is 0 Å². The van der Waals surface area contributed by atoms with Gasteiger partial charge in [0.05, 0.1) is 6.04 Å². The number of carbonyl (C=O) groups excluding carboxylic acids is 2. The summed E-state index contributed by atoms with van der Waals surface area (Å²) in [7, 11) is 0. The van der Waals surface area contributed by atoms with Crippen LogP contribution in [0.4, 0.5) is 9.59 Å². The molecule has 0 aromatic heterocycles. The third kappa shape index (κ3) is 5.76. The molecule has 166 valence electrons. The van der Waals surface area contributed by atoms with Crippen LogP contribution < -0.4 is 15.4 Å². The highest BCUT2D eigenvalue weighted by Crippen LogP contribution is 2.34. The summed E-state index contributed by atoms with van der Waals surface area (Å²) in [6, 6.07) is 24.0. The van der Waals surface area contributed by atoms with Gasteiger partial charge in [-0.2, -0.15) is 0 Å². The monoisotopic (exact) mass is 430 g/mol. The zero-order valence-electron chi connectivity index (χ0n) is 19.0. The Balaban J connectivity index is 1.76. The largest absolute Gasteiger partial charge is 0.420 e. The number of para-hydroxylation sites is 1. The van der Waals surface area contributed by atoms with Crippen molar-refractivity contribution in [3.8, 4) is 5.75 Å². The second-order valence-electron chi connectivity index (χ2n) is 8.32. The number of imide groups is 1. The van der Waals surface area contributed by atoms with Crippen molar-refractivity contribution < 1.29 is 14.3 Å². The Morgan fingerprint density at radius 2 is 1.16 bits per heavy atom. The van der Waals surface area contributed by atoms with Crippen LogP contribution in [-0.2, 0) is 0 Å². The maximum absolute atomic E-state index is 12.7. The number of hydrogen-bond donors (Lipinski definition) is 2. The average molecular weight is 431 g/mol. The summed E-state index contributed by atoms with van der Waals surface area (Å²) in [6.07, 6.45) is -0.808. The molecule has 5 heteroatoms. The SMILES string of the molecule is CC(C)c1cccc(C(C)C)c1OC(=O)NC(=O)NC(c1ccccc1)c1ccccc1. The van der Waals surface area contributed by atoms with Gasteiger partial charge < -0.3 is 10.1 Å². The zero-order chi connectivity index (χ0) is 23.1. The van der Waals surface area contributed by atoms with Gasteiger partial charge in [0.2, 0.25) is 0 Å². The van der Waals surface area contributed by atoms with Gasteiger partial charge in [0, 0.05) is 0 Å². The van der Waals surface area contributed by atoms with Crippen molar-refractivity contribution in [2.24, 2.45) is 0 Å². The molecule has 5 nitrogen and oxygen atoms in total. The first-order valence-electron chi connectivity index (χ1n) is 10.9. The van der Waals surface area contributed by atoms with Gasteiger partial charge in [-0.25, -0.2) is 14.9 Å². The Kier molecular flexibility index (Phi) is 7.66. The minimum Gasteiger partial charge on any atom is -0.409 e. The van der Waals surface area contributed by atoms with E-state index in [2.05, 4.69) is 10.6 Å². The van der Waals surface area contributed by atoms with E-state index in [9.17, 15) is 9.59 Å². The number of hydrogen-bond acceptors (Lipinski definition) is 3. The van der Waals surface area contributed by atoms with Crippen molar-refractivity contribution in [3.05, 3.63) is 101 Å². The van der Waals surface area contributed by atoms with Gasteiger partial charge in [0.1, 0.15) is 5.75 Å². The second-order valence-corrected chi connectivity index (χ2v) is 8.32. The maximum atomic E-state index is 12.7. The van der Waals surface area contributed by atoms with Crippen LogP contribution in [0.2, 0.25) is 0 Å². The molecule has 0 saturated carbocycles. The standard InChI is InChI=1S/C27H30N2O3/c1-18(2)22-16-11-17-23(19(3)4)25(22)32-27(31)29-26(30)28-24(20-12-7-5-8-13-20)21-14-9-6-10-15-21/h5-19,24H,1-4H3,(H2,28,29,30,31). The number of carbonyl (C=O) groups is 2. The summed E-state index contributed by atoms with van der Waals surface area (Å²) in [5, 5.41) is 5.21. The molecule has 0 bridgehead atoms. The molecule has 3 amide bonds. The lowest BCUT2D eigenvalue weighted by atomic mass is 9.94. The molecule has 0 heterocycles. The molecule has 3 aromatic rings.